The summed E-state index contributed by atoms with van der Waals surface area (Å²) in [5, 5.41) is 6.81. The number of nitrogens with one attached hydrogen (secondary N) is 1. The quantitative estimate of drug-likeness (QED) is 0.899. The van der Waals surface area contributed by atoms with Crippen LogP contribution in [-0.2, 0) is 17.6 Å². The Morgan fingerprint density at radius 1 is 1.56 bits per heavy atom. The summed E-state index contributed by atoms with van der Waals surface area (Å²) in [5.41, 5.74) is 1.90. The minimum absolute atomic E-state index is 0.0560. The van der Waals surface area contributed by atoms with Crippen LogP contribution in [0.5, 0.6) is 0 Å². The fourth-order valence-electron chi connectivity index (χ4n) is 1.28. The monoisotopic (exact) mass is 283 g/mol. The minimum atomic E-state index is -0.0560. The molecule has 0 aliphatic heterocycles. The fourth-order valence-corrected chi connectivity index (χ4v) is 2.75. The lowest BCUT2D eigenvalue weighted by atomic mass is 10.4. The Morgan fingerprint density at radius 3 is 3.00 bits per heavy atom. The fraction of sp³-hybridized carbons (Fsp3) is 0.400. The first-order chi connectivity index (χ1) is 8.65. The van der Waals surface area contributed by atoms with Crippen molar-refractivity contribution in [1.82, 2.24) is 18.5 Å². The average molecular weight is 283 g/mol. The minimum Gasteiger partial charge on any atom is -0.308 e. The van der Waals surface area contributed by atoms with Gasteiger partial charge in [-0.15, -0.1) is 11.8 Å². The van der Waals surface area contributed by atoms with Crippen molar-refractivity contribution in [3.63, 3.8) is 0 Å². The summed E-state index contributed by atoms with van der Waals surface area (Å²) in [4.78, 5) is 11.6. The Morgan fingerprint density at radius 2 is 2.39 bits per heavy atom. The van der Waals surface area contributed by atoms with Gasteiger partial charge in [0.25, 0.3) is 0 Å². The molecule has 0 radical (unpaired) electrons. The number of aryl methyl sites for hydroxylation is 2. The molecular formula is C10H13N5OS2. The second-order valence-corrected chi connectivity index (χ2v) is 5.23. The first-order valence-electron chi connectivity index (χ1n) is 5.30. The van der Waals surface area contributed by atoms with E-state index in [1.807, 2.05) is 14.0 Å². The number of thioether (sulfide) groups is 1. The number of aromatic nitrogens is 4. The van der Waals surface area contributed by atoms with Gasteiger partial charge in [-0.25, -0.2) is 0 Å². The Kier molecular flexibility index (Phi) is 4.32. The molecule has 8 heteroatoms. The third-order valence-electron chi connectivity index (χ3n) is 2.20. The normalized spacial score (nSPS) is 10.6. The summed E-state index contributed by atoms with van der Waals surface area (Å²) in [6.07, 6.45) is 1.78. The van der Waals surface area contributed by atoms with Crippen LogP contribution in [-0.4, -0.2) is 30.2 Å². The van der Waals surface area contributed by atoms with Crippen molar-refractivity contribution in [3.05, 3.63) is 23.7 Å². The Hall–Kier alpha value is -1.41. The number of anilines is 1. The van der Waals surface area contributed by atoms with Crippen LogP contribution in [0, 0.1) is 6.92 Å². The van der Waals surface area contributed by atoms with Crippen LogP contribution in [0.25, 0.3) is 0 Å². The summed E-state index contributed by atoms with van der Waals surface area (Å²) in [6.45, 7) is 1.92. The van der Waals surface area contributed by atoms with E-state index in [2.05, 4.69) is 19.2 Å². The molecule has 2 aromatic heterocycles. The number of nitrogens with zero attached hydrogens (tertiary/aromatic N) is 4. The molecular weight excluding hydrogens is 270 g/mol. The molecule has 0 fully saturated rings. The van der Waals surface area contributed by atoms with Gasteiger partial charge in [-0.05, 0) is 6.92 Å². The van der Waals surface area contributed by atoms with Gasteiger partial charge < -0.3 is 5.32 Å². The second-order valence-electron chi connectivity index (χ2n) is 3.71. The lowest BCUT2D eigenvalue weighted by Crippen LogP contribution is -2.14. The summed E-state index contributed by atoms with van der Waals surface area (Å²) in [5.74, 6) is 1.61. The highest BCUT2D eigenvalue weighted by molar-refractivity contribution is 7.99. The van der Waals surface area contributed by atoms with Crippen LogP contribution < -0.4 is 5.32 Å². The van der Waals surface area contributed by atoms with Crippen molar-refractivity contribution in [2.45, 2.75) is 12.7 Å². The zero-order valence-electron chi connectivity index (χ0n) is 10.1. The third kappa shape index (κ3) is 3.54. The topological polar surface area (TPSA) is 72.7 Å². The molecule has 0 saturated carbocycles. The van der Waals surface area contributed by atoms with Gasteiger partial charge in [-0.2, -0.15) is 13.8 Å². The van der Waals surface area contributed by atoms with Crippen LogP contribution in [0.1, 0.15) is 11.4 Å². The van der Waals surface area contributed by atoms with Crippen molar-refractivity contribution in [2.24, 2.45) is 7.05 Å². The number of rotatable bonds is 5. The van der Waals surface area contributed by atoms with Crippen LogP contribution in [0.3, 0.4) is 0 Å². The molecule has 0 aliphatic carbocycles. The third-order valence-corrected chi connectivity index (χ3v) is 3.80. The van der Waals surface area contributed by atoms with Crippen molar-refractivity contribution in [3.8, 4) is 0 Å². The molecule has 1 amide bonds. The predicted molar refractivity (Wildman–Crippen MR) is 72.6 cm³/mol. The predicted octanol–water partition coefficient (Wildman–Crippen LogP) is 1.45. The Bertz CT molecular complexity index is 536. The Balaban J connectivity index is 1.74. The highest BCUT2D eigenvalue weighted by Gasteiger charge is 2.07. The summed E-state index contributed by atoms with van der Waals surface area (Å²) >= 11 is 2.72. The molecule has 2 rings (SSSR count). The SMILES string of the molecule is Cc1nsnc1CSCC(=O)Nc1ccn(C)n1. The highest BCUT2D eigenvalue weighted by atomic mass is 32.2. The summed E-state index contributed by atoms with van der Waals surface area (Å²) in [6, 6.07) is 1.76. The van der Waals surface area contributed by atoms with Crippen LogP contribution in [0.15, 0.2) is 12.3 Å². The maximum Gasteiger partial charge on any atom is 0.235 e. The van der Waals surface area contributed by atoms with Gasteiger partial charge in [0, 0.05) is 25.1 Å². The van der Waals surface area contributed by atoms with E-state index >= 15 is 0 Å². The molecule has 0 aromatic carbocycles. The van der Waals surface area contributed by atoms with E-state index in [1.54, 1.807) is 16.9 Å². The molecule has 2 heterocycles. The lowest BCUT2D eigenvalue weighted by molar-refractivity contribution is -0.113. The van der Waals surface area contributed by atoms with Crippen molar-refractivity contribution in [2.75, 3.05) is 11.1 Å². The highest BCUT2D eigenvalue weighted by Crippen LogP contribution is 2.14. The summed E-state index contributed by atoms with van der Waals surface area (Å²) < 4.78 is 9.90. The average Bonchev–Trinajstić information content (AvgIpc) is 2.89. The zero-order valence-corrected chi connectivity index (χ0v) is 11.7. The van der Waals surface area contributed by atoms with Crippen LogP contribution in [0.2, 0.25) is 0 Å². The molecule has 1 N–H and O–H groups in total. The number of carbonyl (C=O) groups is 1. The van der Waals surface area contributed by atoms with E-state index in [0.717, 1.165) is 11.4 Å². The molecule has 6 nitrogen and oxygen atoms in total. The smallest absolute Gasteiger partial charge is 0.235 e. The van der Waals surface area contributed by atoms with Crippen molar-refractivity contribution in [1.29, 1.82) is 0 Å². The first kappa shape index (κ1) is 13.0. The van der Waals surface area contributed by atoms with Crippen LogP contribution >= 0.6 is 23.5 Å². The molecule has 0 saturated heterocycles. The van der Waals surface area contributed by atoms with E-state index in [0.29, 0.717) is 17.3 Å². The van der Waals surface area contributed by atoms with E-state index in [-0.39, 0.29) is 5.91 Å². The number of amides is 1. The maximum absolute atomic E-state index is 11.6. The van der Waals surface area contributed by atoms with E-state index in [9.17, 15) is 4.79 Å². The molecule has 0 bridgehead atoms. The molecule has 2 aromatic rings. The second kappa shape index (κ2) is 5.96. The number of hydrogen-bond donors (Lipinski definition) is 1. The molecule has 0 atom stereocenters. The van der Waals surface area contributed by atoms with E-state index < -0.39 is 0 Å². The van der Waals surface area contributed by atoms with E-state index in [4.69, 9.17) is 0 Å². The van der Waals surface area contributed by atoms with Crippen LogP contribution in [0.4, 0.5) is 5.82 Å². The standard InChI is InChI=1S/C10H13N5OS2/c1-7-8(14-18-13-7)5-17-6-10(16)11-9-3-4-15(2)12-9/h3-4H,5-6H2,1-2H3,(H,11,12,16). The number of hydrogen-bond acceptors (Lipinski definition) is 6. The van der Waals surface area contributed by atoms with Gasteiger partial charge in [0.05, 0.1) is 28.9 Å². The van der Waals surface area contributed by atoms with Gasteiger partial charge in [-0.3, -0.25) is 9.48 Å². The Labute approximate surface area is 113 Å². The van der Waals surface area contributed by atoms with Crippen molar-refractivity contribution < 1.29 is 4.79 Å². The first-order valence-corrected chi connectivity index (χ1v) is 7.19. The largest absolute Gasteiger partial charge is 0.308 e. The molecule has 0 aliphatic rings. The van der Waals surface area contributed by atoms with Gasteiger partial charge in [0.15, 0.2) is 5.82 Å². The molecule has 18 heavy (non-hydrogen) atoms. The van der Waals surface area contributed by atoms with Gasteiger partial charge >= 0.3 is 0 Å². The van der Waals surface area contributed by atoms with E-state index in [1.165, 1.54) is 23.5 Å². The maximum atomic E-state index is 11.6. The van der Waals surface area contributed by atoms with Gasteiger partial charge in [0.1, 0.15) is 0 Å². The van der Waals surface area contributed by atoms with Gasteiger partial charge in [-0.1, -0.05) is 0 Å². The lowest BCUT2D eigenvalue weighted by Gasteiger charge is -2.01. The molecule has 0 unspecified atom stereocenters. The zero-order chi connectivity index (χ0) is 13.0. The molecule has 96 valence electrons. The van der Waals surface area contributed by atoms with Gasteiger partial charge in [0.2, 0.25) is 5.91 Å². The number of carbonyl (C=O) groups excluding carboxylic acids is 1. The molecule has 0 spiro atoms. The summed E-state index contributed by atoms with van der Waals surface area (Å²) in [7, 11) is 1.81. The van der Waals surface area contributed by atoms with Crippen molar-refractivity contribution >= 4 is 35.2 Å².